The van der Waals surface area contributed by atoms with Crippen molar-refractivity contribution in [3.8, 4) is 0 Å². The van der Waals surface area contributed by atoms with Crippen LogP contribution in [-0.2, 0) is 4.18 Å². The first-order valence-corrected chi connectivity index (χ1v) is 5.07. The van der Waals surface area contributed by atoms with Crippen LogP contribution in [0.1, 0.15) is 39.5 Å². The van der Waals surface area contributed by atoms with Crippen molar-refractivity contribution >= 4 is 12.0 Å². The van der Waals surface area contributed by atoms with Crippen LogP contribution in [-0.4, -0.2) is 12.4 Å². The first kappa shape index (κ1) is 10.3. The molecule has 0 bridgehead atoms. The Labute approximate surface area is 68.7 Å². The van der Waals surface area contributed by atoms with Crippen LogP contribution in [0.5, 0.6) is 0 Å². The van der Waals surface area contributed by atoms with E-state index in [1.54, 1.807) is 12.0 Å². The molecule has 0 amide bonds. The maximum atomic E-state index is 5.25. The van der Waals surface area contributed by atoms with Crippen molar-refractivity contribution in [2.75, 3.05) is 12.4 Å². The minimum absolute atomic E-state index is 0.929. The second kappa shape index (κ2) is 9.31. The monoisotopic (exact) mass is 162 g/mol. The maximum absolute atomic E-state index is 5.25. The Morgan fingerprint density at radius 1 is 1.10 bits per heavy atom. The summed E-state index contributed by atoms with van der Waals surface area (Å²) in [5.41, 5.74) is 0. The van der Waals surface area contributed by atoms with E-state index in [0.717, 1.165) is 12.4 Å². The van der Waals surface area contributed by atoms with Gasteiger partial charge in [0, 0.05) is 5.75 Å². The Hall–Kier alpha value is 0.310. The molecule has 0 rings (SSSR count). The van der Waals surface area contributed by atoms with Crippen molar-refractivity contribution in [1.29, 1.82) is 0 Å². The van der Waals surface area contributed by atoms with Crippen LogP contribution in [0.3, 0.4) is 0 Å². The zero-order chi connectivity index (χ0) is 7.66. The zero-order valence-electron chi connectivity index (χ0n) is 7.06. The van der Waals surface area contributed by atoms with E-state index >= 15 is 0 Å². The largest absolute Gasteiger partial charge is 0.315 e. The average molecular weight is 162 g/mol. The van der Waals surface area contributed by atoms with Crippen molar-refractivity contribution < 1.29 is 4.18 Å². The van der Waals surface area contributed by atoms with Crippen LogP contribution in [0, 0.1) is 0 Å². The summed E-state index contributed by atoms with van der Waals surface area (Å²) in [6, 6.07) is 0. The lowest BCUT2D eigenvalue weighted by Gasteiger charge is -1.99. The lowest BCUT2D eigenvalue weighted by molar-refractivity contribution is 0.356. The lowest BCUT2D eigenvalue weighted by atomic mass is 10.2. The van der Waals surface area contributed by atoms with Crippen molar-refractivity contribution in [1.82, 2.24) is 0 Å². The maximum Gasteiger partial charge on any atom is 0.0613 e. The first-order valence-electron chi connectivity index (χ1n) is 4.16. The van der Waals surface area contributed by atoms with Gasteiger partial charge in [-0.3, -0.25) is 0 Å². The Kier molecular flexibility index (Phi) is 9.60. The van der Waals surface area contributed by atoms with E-state index in [9.17, 15) is 0 Å². The third-order valence-corrected chi connectivity index (χ3v) is 1.85. The van der Waals surface area contributed by atoms with Gasteiger partial charge in [0.25, 0.3) is 0 Å². The zero-order valence-corrected chi connectivity index (χ0v) is 7.88. The minimum atomic E-state index is 0.929. The summed E-state index contributed by atoms with van der Waals surface area (Å²) < 4.78 is 5.25. The Morgan fingerprint density at radius 3 is 2.50 bits per heavy atom. The Bertz CT molecular complexity index is 49.2. The van der Waals surface area contributed by atoms with Gasteiger partial charge in [-0.15, -0.1) is 0 Å². The molecule has 0 unspecified atom stereocenters. The van der Waals surface area contributed by atoms with Crippen LogP contribution in [0.25, 0.3) is 0 Å². The highest BCUT2D eigenvalue weighted by Crippen LogP contribution is 2.04. The highest BCUT2D eigenvalue weighted by Gasteiger charge is 1.87. The third kappa shape index (κ3) is 8.31. The molecule has 0 saturated heterocycles. The minimum Gasteiger partial charge on any atom is -0.315 e. The standard InChI is InChI=1S/C8H18OS/c1-3-5-6-7-8-9-10-4-2/h3-8H2,1-2H3. The molecule has 0 aliphatic heterocycles. The Balaban J connectivity index is 2.65. The van der Waals surface area contributed by atoms with Gasteiger partial charge in [-0.2, -0.15) is 0 Å². The summed E-state index contributed by atoms with van der Waals surface area (Å²) in [6.45, 7) is 5.26. The molecule has 0 heterocycles. The predicted molar refractivity (Wildman–Crippen MR) is 48.2 cm³/mol. The van der Waals surface area contributed by atoms with Gasteiger partial charge in [0.1, 0.15) is 0 Å². The molecule has 0 atom stereocenters. The number of unbranched alkanes of at least 4 members (excludes halogenated alkanes) is 3. The molecule has 0 aliphatic rings. The fourth-order valence-corrected chi connectivity index (χ4v) is 1.13. The molecule has 0 fully saturated rings. The van der Waals surface area contributed by atoms with Gasteiger partial charge in [-0.05, 0) is 18.5 Å². The molecule has 1 nitrogen and oxygen atoms in total. The van der Waals surface area contributed by atoms with E-state index in [1.165, 1.54) is 25.7 Å². The van der Waals surface area contributed by atoms with E-state index in [4.69, 9.17) is 4.18 Å². The average Bonchev–Trinajstić information content (AvgIpc) is 1.97. The molecular weight excluding hydrogens is 144 g/mol. The summed E-state index contributed by atoms with van der Waals surface area (Å²) in [6.07, 6.45) is 5.20. The van der Waals surface area contributed by atoms with Crippen LogP contribution in [0.15, 0.2) is 0 Å². The smallest absolute Gasteiger partial charge is 0.0613 e. The van der Waals surface area contributed by atoms with Crippen molar-refractivity contribution in [3.63, 3.8) is 0 Å². The van der Waals surface area contributed by atoms with E-state index in [0.29, 0.717) is 0 Å². The number of hydrogen-bond acceptors (Lipinski definition) is 2. The summed E-state index contributed by atoms with van der Waals surface area (Å²) in [5.74, 6) is 1.06. The van der Waals surface area contributed by atoms with Gasteiger partial charge in [0.2, 0.25) is 0 Å². The second-order valence-electron chi connectivity index (χ2n) is 2.29. The van der Waals surface area contributed by atoms with Crippen LogP contribution >= 0.6 is 12.0 Å². The topological polar surface area (TPSA) is 9.23 Å². The number of hydrogen-bond donors (Lipinski definition) is 0. The molecule has 10 heavy (non-hydrogen) atoms. The Morgan fingerprint density at radius 2 is 1.90 bits per heavy atom. The summed E-state index contributed by atoms with van der Waals surface area (Å²) in [5, 5.41) is 0. The van der Waals surface area contributed by atoms with Crippen molar-refractivity contribution in [2.45, 2.75) is 39.5 Å². The molecule has 0 aromatic carbocycles. The molecule has 0 aromatic heterocycles. The lowest BCUT2D eigenvalue weighted by Crippen LogP contribution is -1.86. The molecule has 0 aliphatic carbocycles. The quantitative estimate of drug-likeness (QED) is 0.420. The SMILES string of the molecule is CCCCCCOSCC. The van der Waals surface area contributed by atoms with Gasteiger partial charge in [-0.25, -0.2) is 0 Å². The second-order valence-corrected chi connectivity index (χ2v) is 3.34. The summed E-state index contributed by atoms with van der Waals surface area (Å²) in [4.78, 5) is 0. The highest BCUT2D eigenvalue weighted by atomic mass is 32.2. The van der Waals surface area contributed by atoms with Gasteiger partial charge >= 0.3 is 0 Å². The summed E-state index contributed by atoms with van der Waals surface area (Å²) >= 11 is 1.57. The first-order chi connectivity index (χ1) is 4.91. The van der Waals surface area contributed by atoms with E-state index in [1.807, 2.05) is 0 Å². The van der Waals surface area contributed by atoms with Crippen molar-refractivity contribution in [3.05, 3.63) is 0 Å². The van der Waals surface area contributed by atoms with Gasteiger partial charge in [-0.1, -0.05) is 33.1 Å². The molecule has 62 valence electrons. The summed E-state index contributed by atoms with van der Waals surface area (Å²) in [7, 11) is 0. The predicted octanol–water partition coefficient (Wildman–Crippen LogP) is 3.25. The highest BCUT2D eigenvalue weighted by molar-refractivity contribution is 7.94. The van der Waals surface area contributed by atoms with Gasteiger partial charge < -0.3 is 4.18 Å². The van der Waals surface area contributed by atoms with E-state index < -0.39 is 0 Å². The third-order valence-electron chi connectivity index (χ3n) is 1.28. The molecule has 2 heteroatoms. The van der Waals surface area contributed by atoms with E-state index in [-0.39, 0.29) is 0 Å². The van der Waals surface area contributed by atoms with Gasteiger partial charge in [0.15, 0.2) is 0 Å². The fourth-order valence-electron chi connectivity index (χ4n) is 0.730. The van der Waals surface area contributed by atoms with Crippen molar-refractivity contribution in [2.24, 2.45) is 0 Å². The molecule has 0 saturated carbocycles. The van der Waals surface area contributed by atoms with Crippen LogP contribution in [0.4, 0.5) is 0 Å². The molecule has 0 radical (unpaired) electrons. The van der Waals surface area contributed by atoms with Crippen LogP contribution < -0.4 is 0 Å². The molecule has 0 spiro atoms. The number of rotatable bonds is 7. The fraction of sp³-hybridized carbons (Fsp3) is 1.00. The normalized spacial score (nSPS) is 10.2. The molecule has 0 N–H and O–H groups in total. The molecule has 0 aromatic rings. The van der Waals surface area contributed by atoms with Gasteiger partial charge in [0.05, 0.1) is 6.61 Å². The van der Waals surface area contributed by atoms with Crippen LogP contribution in [0.2, 0.25) is 0 Å². The van der Waals surface area contributed by atoms with E-state index in [2.05, 4.69) is 13.8 Å². The molecular formula is C8H18OS.